The molecule has 2 amide bonds. The van der Waals surface area contributed by atoms with Gasteiger partial charge in [-0.05, 0) is 43.2 Å². The normalized spacial score (nSPS) is 19.3. The number of urea groups is 1. The number of anilines is 1. The first kappa shape index (κ1) is 23.1. The first-order valence-corrected chi connectivity index (χ1v) is 9.98. The minimum Gasteiger partial charge on any atom is -0.352 e. The Morgan fingerprint density at radius 2 is 2.10 bits per heavy atom. The summed E-state index contributed by atoms with van der Waals surface area (Å²) in [5.41, 5.74) is 0.891. The van der Waals surface area contributed by atoms with Gasteiger partial charge < -0.3 is 15.1 Å². The van der Waals surface area contributed by atoms with E-state index in [2.05, 4.69) is 15.5 Å². The fraction of sp³-hybridized carbons (Fsp3) is 0.450. The molecule has 0 spiro atoms. The quantitative estimate of drug-likeness (QED) is 0.697. The van der Waals surface area contributed by atoms with Gasteiger partial charge in [-0.3, -0.25) is 0 Å². The van der Waals surface area contributed by atoms with E-state index >= 15 is 0 Å². The highest BCUT2D eigenvalue weighted by atomic mass is 35.5. The topological polar surface area (TPSA) is 61.4 Å². The molecule has 1 aliphatic heterocycles. The van der Waals surface area contributed by atoms with Crippen LogP contribution in [0.3, 0.4) is 0 Å². The van der Waals surface area contributed by atoms with Gasteiger partial charge in [0.15, 0.2) is 5.82 Å². The molecule has 11 heteroatoms. The molecule has 1 aromatic carbocycles. The summed E-state index contributed by atoms with van der Waals surface area (Å²) in [4.78, 5) is 15.3. The maximum Gasteiger partial charge on any atom is 0.393 e. The number of carbonyl (C=O) groups is 1. The molecule has 3 rings (SSSR count). The first-order chi connectivity index (χ1) is 14.6. The Bertz CT molecular complexity index is 928. The maximum atomic E-state index is 14.1. The zero-order valence-corrected chi connectivity index (χ0v) is 17.7. The van der Waals surface area contributed by atoms with Crippen LogP contribution in [-0.4, -0.2) is 53.5 Å². The predicted molar refractivity (Wildman–Crippen MR) is 108 cm³/mol. The van der Waals surface area contributed by atoms with Crippen molar-refractivity contribution in [1.29, 1.82) is 0 Å². The van der Waals surface area contributed by atoms with Crippen LogP contribution < -0.4 is 10.2 Å². The van der Waals surface area contributed by atoms with Crippen LogP contribution in [0.5, 0.6) is 0 Å². The molecule has 0 aliphatic carbocycles. The van der Waals surface area contributed by atoms with E-state index in [0.717, 1.165) is 6.07 Å². The summed E-state index contributed by atoms with van der Waals surface area (Å²) in [5.74, 6) is -1.88. The van der Waals surface area contributed by atoms with Crippen LogP contribution >= 0.6 is 11.6 Å². The van der Waals surface area contributed by atoms with Gasteiger partial charge in [0.05, 0.1) is 12.0 Å². The smallest absolute Gasteiger partial charge is 0.352 e. The highest BCUT2D eigenvalue weighted by Crippen LogP contribution is 2.35. The number of likely N-dealkylation sites (N-methyl/N-ethyl adjacent to an activating group) is 1. The second-order valence-electron chi connectivity index (χ2n) is 7.58. The Balaban J connectivity index is 1.71. The molecule has 0 bridgehead atoms. The van der Waals surface area contributed by atoms with Gasteiger partial charge in [-0.15, -0.1) is 5.10 Å². The Kier molecular flexibility index (Phi) is 6.88. The van der Waals surface area contributed by atoms with Crippen molar-refractivity contribution in [3.05, 3.63) is 52.4 Å². The number of aromatic nitrogens is 2. The lowest BCUT2D eigenvalue weighted by atomic mass is 9.93. The van der Waals surface area contributed by atoms with Gasteiger partial charge in [-0.1, -0.05) is 11.6 Å². The second-order valence-corrected chi connectivity index (χ2v) is 7.98. The minimum atomic E-state index is -4.42. The molecule has 6 nitrogen and oxygen atoms in total. The molecule has 0 saturated carbocycles. The van der Waals surface area contributed by atoms with E-state index in [1.165, 1.54) is 29.1 Å². The lowest BCUT2D eigenvalue weighted by molar-refractivity contribution is -0.179. The molecule has 1 N–H and O–H groups in total. The summed E-state index contributed by atoms with van der Waals surface area (Å²) < 4.78 is 54.6. The maximum absolute atomic E-state index is 14.1. The third-order valence-corrected chi connectivity index (χ3v) is 5.81. The lowest BCUT2D eigenvalue weighted by Crippen LogP contribution is -2.56. The average molecular weight is 460 g/mol. The van der Waals surface area contributed by atoms with E-state index < -0.39 is 30.0 Å². The number of nitrogens with zero attached hydrogens (tertiary/aromatic N) is 4. The molecular formula is C20H22ClF4N5O. The largest absolute Gasteiger partial charge is 0.393 e. The molecule has 1 unspecified atom stereocenters. The van der Waals surface area contributed by atoms with Crippen molar-refractivity contribution >= 4 is 23.4 Å². The number of halogens is 5. The van der Waals surface area contributed by atoms with Gasteiger partial charge in [0.25, 0.3) is 0 Å². The van der Waals surface area contributed by atoms with Gasteiger partial charge in [0, 0.05) is 43.5 Å². The molecular weight excluding hydrogens is 438 g/mol. The number of amides is 2. The number of benzene rings is 1. The number of nitrogens with one attached hydrogen (secondary N) is 1. The molecule has 1 fully saturated rings. The number of piperidine rings is 1. The number of alkyl halides is 3. The van der Waals surface area contributed by atoms with Crippen molar-refractivity contribution in [2.24, 2.45) is 5.92 Å². The highest BCUT2D eigenvalue weighted by Gasteiger charge is 2.46. The number of aryl methyl sites for hydroxylation is 1. The summed E-state index contributed by atoms with van der Waals surface area (Å²) in [6.45, 7) is 1.50. The number of hydrogen-bond acceptors (Lipinski definition) is 4. The first-order valence-electron chi connectivity index (χ1n) is 9.60. The fourth-order valence-electron chi connectivity index (χ4n) is 3.55. The highest BCUT2D eigenvalue weighted by molar-refractivity contribution is 6.31. The van der Waals surface area contributed by atoms with Crippen LogP contribution in [0.2, 0.25) is 5.02 Å². The third kappa shape index (κ3) is 5.55. The molecule has 31 heavy (non-hydrogen) atoms. The van der Waals surface area contributed by atoms with Crippen LogP contribution in [-0.2, 0) is 6.54 Å². The molecule has 2 heterocycles. The molecule has 1 aliphatic rings. The number of carbonyl (C=O) groups excluding carboxylic acids is 1. The van der Waals surface area contributed by atoms with E-state index in [9.17, 15) is 22.4 Å². The van der Waals surface area contributed by atoms with Crippen LogP contribution in [0, 0.1) is 18.7 Å². The molecule has 1 saturated heterocycles. The summed E-state index contributed by atoms with van der Waals surface area (Å²) in [5, 5.41) is 10.5. The van der Waals surface area contributed by atoms with E-state index in [1.807, 2.05) is 0 Å². The van der Waals surface area contributed by atoms with Crippen molar-refractivity contribution in [1.82, 2.24) is 20.4 Å². The number of rotatable bonds is 4. The van der Waals surface area contributed by atoms with Crippen molar-refractivity contribution in [2.45, 2.75) is 32.1 Å². The summed E-state index contributed by atoms with van der Waals surface area (Å²) in [7, 11) is 1.43. The van der Waals surface area contributed by atoms with E-state index in [4.69, 9.17) is 11.6 Å². The summed E-state index contributed by atoms with van der Waals surface area (Å²) in [6.07, 6.45) is -3.22. The Morgan fingerprint density at radius 3 is 2.74 bits per heavy atom. The zero-order chi connectivity index (χ0) is 22.8. The van der Waals surface area contributed by atoms with Crippen molar-refractivity contribution < 1.29 is 22.4 Å². The average Bonchev–Trinajstić information content (AvgIpc) is 2.74. The third-order valence-electron chi connectivity index (χ3n) is 5.40. The minimum absolute atomic E-state index is 0.115. The standard InChI is InChI=1S/C20H22ClF4N5O/c1-12-6-13(17(22)8-16(12)21)9-26-19(31)29(2)15-7-14(20(23,24)25)10-30(11-15)18-4-3-5-27-28-18/h3-6,8,14-15H,7,9-11H2,1-2H3,(H,26,31)/t14-,15?/m0/s1. The van der Waals surface area contributed by atoms with E-state index in [1.54, 1.807) is 19.1 Å². The van der Waals surface area contributed by atoms with E-state index in [-0.39, 0.29) is 36.6 Å². The molecule has 2 atom stereocenters. The van der Waals surface area contributed by atoms with Gasteiger partial charge in [-0.25, -0.2) is 9.18 Å². The zero-order valence-electron chi connectivity index (χ0n) is 17.0. The predicted octanol–water partition coefficient (Wildman–Crippen LogP) is 4.18. The molecule has 168 valence electrons. The molecule has 2 aromatic rings. The van der Waals surface area contributed by atoms with E-state index in [0.29, 0.717) is 11.4 Å². The molecule has 0 radical (unpaired) electrons. The van der Waals surface area contributed by atoms with Crippen LogP contribution in [0.25, 0.3) is 0 Å². The second kappa shape index (κ2) is 9.25. The fourth-order valence-corrected chi connectivity index (χ4v) is 3.70. The van der Waals surface area contributed by atoms with Crippen LogP contribution in [0.1, 0.15) is 17.5 Å². The van der Waals surface area contributed by atoms with Gasteiger partial charge in [0.2, 0.25) is 0 Å². The molecule has 1 aromatic heterocycles. The van der Waals surface area contributed by atoms with Gasteiger partial charge in [-0.2, -0.15) is 18.3 Å². The van der Waals surface area contributed by atoms with Gasteiger partial charge in [0.1, 0.15) is 5.82 Å². The summed E-state index contributed by atoms with van der Waals surface area (Å²) >= 11 is 5.87. The monoisotopic (exact) mass is 459 g/mol. The Labute approximate surface area is 182 Å². The van der Waals surface area contributed by atoms with Crippen LogP contribution in [0.15, 0.2) is 30.5 Å². The Morgan fingerprint density at radius 1 is 1.35 bits per heavy atom. The van der Waals surface area contributed by atoms with Crippen LogP contribution in [0.4, 0.5) is 28.2 Å². The SMILES string of the molecule is Cc1cc(CNC(=O)N(C)C2C[C@H](C(F)(F)F)CN(c3cccnn3)C2)c(F)cc1Cl. The van der Waals surface area contributed by atoms with Crippen molar-refractivity contribution in [3.8, 4) is 0 Å². The number of hydrogen-bond donors (Lipinski definition) is 1. The Hall–Kier alpha value is -2.62. The summed E-state index contributed by atoms with van der Waals surface area (Å²) in [6, 6.07) is 4.53. The van der Waals surface area contributed by atoms with Crippen molar-refractivity contribution in [3.63, 3.8) is 0 Å². The lowest BCUT2D eigenvalue weighted by Gasteiger charge is -2.42. The van der Waals surface area contributed by atoms with Gasteiger partial charge >= 0.3 is 12.2 Å². The van der Waals surface area contributed by atoms with Crippen molar-refractivity contribution in [2.75, 3.05) is 25.0 Å².